The maximum absolute atomic E-state index is 11.6. The molecule has 5 nitrogen and oxygen atoms in total. The van der Waals surface area contributed by atoms with Crippen LogP contribution >= 0.6 is 0 Å². The maximum Gasteiger partial charge on any atom is 0.310 e. The van der Waals surface area contributed by atoms with Gasteiger partial charge in [0.2, 0.25) is 0 Å². The molecular formula is C14H19N3O2. The molecule has 0 fully saturated rings. The molecule has 0 amide bonds. The first-order chi connectivity index (χ1) is 9.04. The van der Waals surface area contributed by atoms with Crippen molar-refractivity contribution in [1.29, 1.82) is 0 Å². The van der Waals surface area contributed by atoms with Gasteiger partial charge >= 0.3 is 5.97 Å². The van der Waals surface area contributed by atoms with Crippen LogP contribution in [0.2, 0.25) is 0 Å². The Kier molecular flexibility index (Phi) is 3.55. The minimum absolute atomic E-state index is 0.433. The largest absolute Gasteiger partial charge is 0.481 e. The van der Waals surface area contributed by atoms with Gasteiger partial charge in [0, 0.05) is 19.7 Å². The van der Waals surface area contributed by atoms with Crippen LogP contribution in [0, 0.1) is 5.41 Å². The summed E-state index contributed by atoms with van der Waals surface area (Å²) < 4.78 is 1.94. The highest BCUT2D eigenvalue weighted by Crippen LogP contribution is 2.31. The molecule has 0 saturated carbocycles. The summed E-state index contributed by atoms with van der Waals surface area (Å²) in [7, 11) is 1.91. The molecule has 0 aromatic carbocycles. The number of aryl methyl sites for hydroxylation is 1. The van der Waals surface area contributed by atoms with E-state index in [0.717, 1.165) is 11.3 Å². The second kappa shape index (κ2) is 4.99. The van der Waals surface area contributed by atoms with Gasteiger partial charge in [-0.15, -0.1) is 0 Å². The van der Waals surface area contributed by atoms with Crippen LogP contribution in [0.1, 0.15) is 32.5 Å². The molecular weight excluding hydrogens is 242 g/mol. The maximum atomic E-state index is 11.6. The summed E-state index contributed by atoms with van der Waals surface area (Å²) in [5.74, 6) is 0.0253. The Hall–Kier alpha value is -1.91. The third-order valence-electron chi connectivity index (χ3n) is 4.05. The molecule has 2 heterocycles. The van der Waals surface area contributed by atoms with Crippen molar-refractivity contribution in [3.05, 3.63) is 24.2 Å². The van der Waals surface area contributed by atoms with E-state index in [-0.39, 0.29) is 0 Å². The zero-order chi connectivity index (χ0) is 14.0. The Balaban J connectivity index is 2.45. The lowest BCUT2D eigenvalue weighted by atomic mass is 9.79. The van der Waals surface area contributed by atoms with Crippen molar-refractivity contribution in [2.45, 2.75) is 33.1 Å². The molecule has 19 heavy (non-hydrogen) atoms. The standard InChI is InChI=1S/C14H19N3O2/c1-4-14(5-2,13(18)19)9-11-16-12-10(17(11)3)7-6-8-15-12/h6-8H,4-5,9H2,1-3H3,(H,18,19). The Morgan fingerprint density at radius 1 is 1.42 bits per heavy atom. The van der Waals surface area contributed by atoms with Crippen molar-refractivity contribution in [2.24, 2.45) is 12.5 Å². The highest BCUT2D eigenvalue weighted by molar-refractivity contribution is 5.75. The number of aromatic nitrogens is 3. The van der Waals surface area contributed by atoms with E-state index >= 15 is 0 Å². The van der Waals surface area contributed by atoms with Gasteiger partial charge in [-0.25, -0.2) is 9.97 Å². The Bertz CT molecular complexity index is 600. The zero-order valence-electron chi connectivity index (χ0n) is 11.6. The normalized spacial score (nSPS) is 11.9. The van der Waals surface area contributed by atoms with Crippen LogP contribution in [0.25, 0.3) is 11.2 Å². The van der Waals surface area contributed by atoms with E-state index in [1.54, 1.807) is 6.20 Å². The minimum atomic E-state index is -0.752. The van der Waals surface area contributed by atoms with Crippen molar-refractivity contribution >= 4 is 17.1 Å². The van der Waals surface area contributed by atoms with Crippen LogP contribution in [0.3, 0.4) is 0 Å². The van der Waals surface area contributed by atoms with Crippen molar-refractivity contribution in [2.75, 3.05) is 0 Å². The number of hydrogen-bond acceptors (Lipinski definition) is 3. The number of pyridine rings is 1. The van der Waals surface area contributed by atoms with Crippen molar-refractivity contribution in [3.8, 4) is 0 Å². The van der Waals surface area contributed by atoms with E-state index in [1.807, 2.05) is 37.6 Å². The fourth-order valence-electron chi connectivity index (χ4n) is 2.41. The van der Waals surface area contributed by atoms with Crippen molar-refractivity contribution in [1.82, 2.24) is 14.5 Å². The van der Waals surface area contributed by atoms with E-state index in [4.69, 9.17) is 0 Å². The van der Waals surface area contributed by atoms with E-state index in [9.17, 15) is 9.90 Å². The molecule has 2 rings (SSSR count). The first-order valence-electron chi connectivity index (χ1n) is 6.53. The van der Waals surface area contributed by atoms with Crippen LogP contribution < -0.4 is 0 Å². The average molecular weight is 261 g/mol. The second-order valence-electron chi connectivity index (χ2n) is 4.90. The van der Waals surface area contributed by atoms with Gasteiger partial charge in [-0.1, -0.05) is 13.8 Å². The molecule has 0 saturated heterocycles. The lowest BCUT2D eigenvalue weighted by molar-refractivity contribution is -0.149. The van der Waals surface area contributed by atoms with Gasteiger partial charge in [-0.3, -0.25) is 4.79 Å². The molecule has 0 bridgehead atoms. The van der Waals surface area contributed by atoms with Crippen molar-refractivity contribution < 1.29 is 9.90 Å². The smallest absolute Gasteiger partial charge is 0.310 e. The zero-order valence-corrected chi connectivity index (χ0v) is 11.6. The van der Waals surface area contributed by atoms with E-state index < -0.39 is 11.4 Å². The van der Waals surface area contributed by atoms with E-state index in [2.05, 4.69) is 9.97 Å². The predicted molar refractivity (Wildman–Crippen MR) is 72.9 cm³/mol. The number of carbonyl (C=O) groups is 1. The van der Waals surface area contributed by atoms with Gasteiger partial charge in [0.05, 0.1) is 10.9 Å². The third kappa shape index (κ3) is 2.20. The summed E-state index contributed by atoms with van der Waals surface area (Å²) in [5.41, 5.74) is 0.866. The molecule has 0 radical (unpaired) electrons. The molecule has 2 aromatic rings. The summed E-state index contributed by atoms with van der Waals surface area (Å²) in [5, 5.41) is 9.50. The average Bonchev–Trinajstić information content (AvgIpc) is 2.73. The Morgan fingerprint density at radius 3 is 2.63 bits per heavy atom. The van der Waals surface area contributed by atoms with Crippen LogP contribution in [0.4, 0.5) is 0 Å². The topological polar surface area (TPSA) is 68.0 Å². The Morgan fingerprint density at radius 2 is 2.11 bits per heavy atom. The fourth-order valence-corrected chi connectivity index (χ4v) is 2.41. The first-order valence-corrected chi connectivity index (χ1v) is 6.53. The molecule has 0 aliphatic rings. The molecule has 5 heteroatoms. The van der Waals surface area contributed by atoms with Crippen LogP contribution in [-0.4, -0.2) is 25.6 Å². The minimum Gasteiger partial charge on any atom is -0.481 e. The third-order valence-corrected chi connectivity index (χ3v) is 4.05. The summed E-state index contributed by atoms with van der Waals surface area (Å²) >= 11 is 0. The fraction of sp³-hybridized carbons (Fsp3) is 0.500. The number of fused-ring (bicyclic) bond motifs is 1. The molecule has 0 spiro atoms. The van der Waals surface area contributed by atoms with Crippen LogP contribution in [-0.2, 0) is 18.3 Å². The van der Waals surface area contributed by atoms with Gasteiger partial charge in [0.1, 0.15) is 5.82 Å². The lowest BCUT2D eigenvalue weighted by Gasteiger charge is -2.26. The van der Waals surface area contributed by atoms with Gasteiger partial charge in [0.25, 0.3) is 0 Å². The molecule has 0 unspecified atom stereocenters. The van der Waals surface area contributed by atoms with E-state index in [0.29, 0.717) is 24.9 Å². The quantitative estimate of drug-likeness (QED) is 0.897. The van der Waals surface area contributed by atoms with Crippen molar-refractivity contribution in [3.63, 3.8) is 0 Å². The number of rotatable bonds is 5. The second-order valence-corrected chi connectivity index (χ2v) is 4.90. The van der Waals surface area contributed by atoms with Gasteiger partial charge in [-0.05, 0) is 25.0 Å². The predicted octanol–water partition coefficient (Wildman–Crippen LogP) is 2.40. The highest BCUT2D eigenvalue weighted by atomic mass is 16.4. The molecule has 1 N–H and O–H groups in total. The lowest BCUT2D eigenvalue weighted by Crippen LogP contribution is -2.33. The van der Waals surface area contributed by atoms with E-state index in [1.165, 1.54) is 0 Å². The summed E-state index contributed by atoms with van der Waals surface area (Å²) in [6, 6.07) is 3.80. The Labute approximate surface area is 112 Å². The van der Waals surface area contributed by atoms with Gasteiger partial charge in [0.15, 0.2) is 5.65 Å². The highest BCUT2D eigenvalue weighted by Gasteiger charge is 2.36. The molecule has 102 valence electrons. The molecule has 0 aliphatic heterocycles. The monoisotopic (exact) mass is 261 g/mol. The molecule has 0 aliphatic carbocycles. The number of imidazole rings is 1. The summed E-state index contributed by atoms with van der Waals surface area (Å²) in [6.07, 6.45) is 3.32. The number of hydrogen-bond donors (Lipinski definition) is 1. The number of nitrogens with zero attached hydrogens (tertiary/aromatic N) is 3. The SMILES string of the molecule is CCC(CC)(Cc1nc2ncccc2n1C)C(=O)O. The summed E-state index contributed by atoms with van der Waals surface area (Å²) in [4.78, 5) is 20.2. The summed E-state index contributed by atoms with van der Waals surface area (Å²) in [6.45, 7) is 3.83. The number of aliphatic carboxylic acids is 1. The van der Waals surface area contributed by atoms with Crippen LogP contribution in [0.15, 0.2) is 18.3 Å². The number of carboxylic acid groups (broad SMARTS) is 1. The first kappa shape index (κ1) is 13.5. The van der Waals surface area contributed by atoms with Gasteiger partial charge < -0.3 is 9.67 Å². The molecule has 2 aromatic heterocycles. The number of carboxylic acids is 1. The van der Waals surface area contributed by atoms with Crippen LogP contribution in [0.5, 0.6) is 0 Å². The van der Waals surface area contributed by atoms with Gasteiger partial charge in [-0.2, -0.15) is 0 Å². The molecule has 0 atom stereocenters.